The number of nitrogens with zero attached hydrogens (tertiary/aromatic N) is 1. The van der Waals surface area contributed by atoms with E-state index >= 15 is 0 Å². The maximum absolute atomic E-state index is 12.3. The van der Waals surface area contributed by atoms with Gasteiger partial charge in [0.05, 0.1) is 4.92 Å². The van der Waals surface area contributed by atoms with Crippen molar-refractivity contribution in [3.63, 3.8) is 0 Å². The van der Waals surface area contributed by atoms with Crippen molar-refractivity contribution < 1.29 is 14.5 Å². The molecule has 2 N–H and O–H groups in total. The number of benzene rings is 2. The molecule has 0 saturated carbocycles. The Kier molecular flexibility index (Phi) is 4.95. The number of carbonyl (C=O) groups excluding carboxylic acids is 1. The van der Waals surface area contributed by atoms with Gasteiger partial charge in [-0.2, -0.15) is 0 Å². The zero-order valence-electron chi connectivity index (χ0n) is 13.8. The number of nitro groups is 1. The minimum Gasteiger partial charge on any atom is -0.457 e. The Bertz CT molecular complexity index is 772. The first kappa shape index (κ1) is 16.9. The molecule has 2 aromatic carbocycles. The lowest BCUT2D eigenvalue weighted by atomic mass is 9.88. The van der Waals surface area contributed by atoms with E-state index < -0.39 is 4.92 Å². The number of rotatable bonds is 6. The molecule has 0 aromatic heterocycles. The maximum Gasteiger partial charge on any atom is 0.269 e. The molecule has 0 bridgehead atoms. The van der Waals surface area contributed by atoms with Gasteiger partial charge in [-0.25, -0.2) is 0 Å². The van der Waals surface area contributed by atoms with Crippen LogP contribution in [0.3, 0.4) is 0 Å². The molecule has 1 aliphatic rings. The summed E-state index contributed by atoms with van der Waals surface area (Å²) in [5.74, 6) is 1.34. The normalized spacial score (nSPS) is 15.1. The largest absolute Gasteiger partial charge is 0.457 e. The van der Waals surface area contributed by atoms with Gasteiger partial charge in [-0.05, 0) is 43.3 Å². The van der Waals surface area contributed by atoms with Crippen molar-refractivity contribution in [3.05, 3.63) is 58.6 Å². The van der Waals surface area contributed by atoms with Crippen molar-refractivity contribution in [1.29, 1.82) is 0 Å². The molecule has 1 amide bonds. The van der Waals surface area contributed by atoms with E-state index in [9.17, 15) is 14.9 Å². The molecule has 0 spiro atoms. The predicted octanol–water partition coefficient (Wildman–Crippen LogP) is 3.18. The van der Waals surface area contributed by atoms with E-state index in [4.69, 9.17) is 4.74 Å². The molecule has 7 nitrogen and oxygen atoms in total. The molecule has 130 valence electrons. The summed E-state index contributed by atoms with van der Waals surface area (Å²) in [6.45, 7) is 3.67. The van der Waals surface area contributed by atoms with Crippen molar-refractivity contribution in [2.24, 2.45) is 11.8 Å². The zero-order chi connectivity index (χ0) is 17.8. The summed E-state index contributed by atoms with van der Waals surface area (Å²) in [5.41, 5.74) is 0.663. The summed E-state index contributed by atoms with van der Waals surface area (Å²) in [6.07, 6.45) is 0. The summed E-state index contributed by atoms with van der Waals surface area (Å²) in [6, 6.07) is 12.9. The Labute approximate surface area is 145 Å². The van der Waals surface area contributed by atoms with E-state index in [0.29, 0.717) is 23.1 Å². The number of amides is 1. The monoisotopic (exact) mass is 341 g/mol. The molecule has 1 atom stereocenters. The number of nitrogens with one attached hydrogen (secondary N) is 2. The fourth-order valence-corrected chi connectivity index (χ4v) is 2.54. The lowest BCUT2D eigenvalue weighted by Gasteiger charge is -2.31. The fourth-order valence-electron chi connectivity index (χ4n) is 2.54. The van der Waals surface area contributed by atoms with Gasteiger partial charge < -0.3 is 15.4 Å². The number of nitro benzene ring substituents is 1. The van der Waals surface area contributed by atoms with Gasteiger partial charge in [-0.3, -0.25) is 14.9 Å². The molecule has 7 heteroatoms. The Balaban J connectivity index is 1.64. The van der Waals surface area contributed by atoms with Crippen molar-refractivity contribution >= 4 is 17.3 Å². The molecular formula is C18H19N3O4. The van der Waals surface area contributed by atoms with Crippen LogP contribution in [-0.2, 0) is 4.79 Å². The number of ether oxygens (including phenoxy) is 1. The molecule has 0 radical (unpaired) electrons. The average Bonchev–Trinajstić information content (AvgIpc) is 2.54. The number of anilines is 1. The second kappa shape index (κ2) is 7.31. The van der Waals surface area contributed by atoms with Crippen LogP contribution in [0.15, 0.2) is 48.5 Å². The zero-order valence-corrected chi connectivity index (χ0v) is 13.8. The minimum atomic E-state index is -0.460. The molecule has 1 fully saturated rings. The van der Waals surface area contributed by atoms with E-state index in [1.165, 1.54) is 24.3 Å². The smallest absolute Gasteiger partial charge is 0.269 e. The summed E-state index contributed by atoms with van der Waals surface area (Å²) < 4.78 is 5.69. The van der Waals surface area contributed by atoms with Gasteiger partial charge in [-0.1, -0.05) is 13.0 Å². The van der Waals surface area contributed by atoms with Crippen molar-refractivity contribution in [1.82, 2.24) is 5.32 Å². The van der Waals surface area contributed by atoms with Crippen molar-refractivity contribution in [2.75, 3.05) is 18.4 Å². The van der Waals surface area contributed by atoms with Crippen molar-refractivity contribution in [2.45, 2.75) is 6.92 Å². The highest BCUT2D eigenvalue weighted by Gasteiger charge is 2.28. The molecular weight excluding hydrogens is 322 g/mol. The minimum absolute atomic E-state index is 0.00726. The van der Waals surface area contributed by atoms with Crippen LogP contribution in [0.25, 0.3) is 0 Å². The topological polar surface area (TPSA) is 93.5 Å². The Morgan fingerprint density at radius 3 is 2.56 bits per heavy atom. The number of hydrogen-bond acceptors (Lipinski definition) is 5. The van der Waals surface area contributed by atoms with Gasteiger partial charge in [0.25, 0.3) is 5.69 Å². The van der Waals surface area contributed by atoms with E-state index in [1.807, 2.05) is 6.92 Å². The molecule has 25 heavy (non-hydrogen) atoms. The highest BCUT2D eigenvalue weighted by molar-refractivity contribution is 5.92. The summed E-state index contributed by atoms with van der Waals surface area (Å²) >= 11 is 0. The first-order chi connectivity index (χ1) is 12.0. The summed E-state index contributed by atoms with van der Waals surface area (Å²) in [7, 11) is 0. The van der Waals surface area contributed by atoms with Crippen LogP contribution < -0.4 is 15.4 Å². The number of hydrogen-bond donors (Lipinski definition) is 2. The van der Waals surface area contributed by atoms with E-state index in [1.54, 1.807) is 24.3 Å². The number of non-ortho nitro benzene ring substituents is 1. The average molecular weight is 341 g/mol. The van der Waals surface area contributed by atoms with Gasteiger partial charge in [0, 0.05) is 29.8 Å². The third kappa shape index (κ3) is 4.13. The highest BCUT2D eigenvalue weighted by atomic mass is 16.6. The molecule has 3 rings (SSSR count). The second-order valence-corrected chi connectivity index (χ2v) is 6.08. The van der Waals surface area contributed by atoms with Crippen LogP contribution in [-0.4, -0.2) is 23.9 Å². The molecule has 2 aromatic rings. The highest BCUT2D eigenvalue weighted by Crippen LogP contribution is 2.26. The predicted molar refractivity (Wildman–Crippen MR) is 93.8 cm³/mol. The SMILES string of the molecule is CC(C(=O)Nc1cccc(Oc2ccc([N+](=O)[O-])cc2)c1)C1CNC1. The lowest BCUT2D eigenvalue weighted by Crippen LogP contribution is -2.48. The number of carbonyl (C=O) groups is 1. The van der Waals surface area contributed by atoms with Gasteiger partial charge in [0.2, 0.25) is 5.91 Å². The van der Waals surface area contributed by atoms with Crippen LogP contribution in [0.2, 0.25) is 0 Å². The first-order valence-corrected chi connectivity index (χ1v) is 8.07. The van der Waals surface area contributed by atoms with Gasteiger partial charge >= 0.3 is 0 Å². The van der Waals surface area contributed by atoms with Crippen LogP contribution in [0, 0.1) is 22.0 Å². The fraction of sp³-hybridized carbons (Fsp3) is 0.278. The van der Waals surface area contributed by atoms with Crippen LogP contribution in [0.1, 0.15) is 6.92 Å². The third-order valence-corrected chi connectivity index (χ3v) is 4.32. The lowest BCUT2D eigenvalue weighted by molar-refractivity contribution is -0.384. The Morgan fingerprint density at radius 1 is 1.24 bits per heavy atom. The standard InChI is InChI=1S/C18H19N3O4/c1-12(13-10-19-11-13)18(22)20-14-3-2-4-17(9-14)25-16-7-5-15(6-8-16)21(23)24/h2-9,12-13,19H,10-11H2,1H3,(H,20,22). The molecule has 1 aliphatic heterocycles. The molecule has 1 heterocycles. The van der Waals surface area contributed by atoms with Crippen LogP contribution in [0.4, 0.5) is 11.4 Å². The summed E-state index contributed by atoms with van der Waals surface area (Å²) in [5, 5.41) is 16.7. The van der Waals surface area contributed by atoms with Crippen LogP contribution in [0.5, 0.6) is 11.5 Å². The first-order valence-electron chi connectivity index (χ1n) is 8.07. The molecule has 1 saturated heterocycles. The van der Waals surface area contributed by atoms with Gasteiger partial charge in [0.15, 0.2) is 0 Å². The van der Waals surface area contributed by atoms with Gasteiger partial charge in [0.1, 0.15) is 11.5 Å². The molecule has 0 aliphatic carbocycles. The van der Waals surface area contributed by atoms with Gasteiger partial charge in [-0.15, -0.1) is 0 Å². The Morgan fingerprint density at radius 2 is 1.96 bits per heavy atom. The van der Waals surface area contributed by atoms with Crippen LogP contribution >= 0.6 is 0 Å². The maximum atomic E-state index is 12.3. The summed E-state index contributed by atoms with van der Waals surface area (Å²) in [4.78, 5) is 22.5. The van der Waals surface area contributed by atoms with E-state index in [-0.39, 0.29) is 17.5 Å². The molecule has 1 unspecified atom stereocenters. The van der Waals surface area contributed by atoms with Crippen molar-refractivity contribution in [3.8, 4) is 11.5 Å². The Hall–Kier alpha value is -2.93. The quantitative estimate of drug-likeness (QED) is 0.622. The van der Waals surface area contributed by atoms with E-state index in [2.05, 4.69) is 10.6 Å². The van der Waals surface area contributed by atoms with E-state index in [0.717, 1.165) is 13.1 Å². The second-order valence-electron chi connectivity index (χ2n) is 6.08. The third-order valence-electron chi connectivity index (χ3n) is 4.32.